The molecule has 88 valence electrons. The van der Waals surface area contributed by atoms with E-state index in [9.17, 15) is 9.18 Å². The fourth-order valence-corrected chi connectivity index (χ4v) is 2.89. The number of aromatic carboxylic acids is 1. The van der Waals surface area contributed by atoms with Crippen molar-refractivity contribution in [1.82, 2.24) is 4.98 Å². The molecule has 0 saturated heterocycles. The molecule has 0 aliphatic heterocycles. The first kappa shape index (κ1) is 12.1. The summed E-state index contributed by atoms with van der Waals surface area (Å²) < 4.78 is 14.6. The molecule has 0 amide bonds. The zero-order valence-electron chi connectivity index (χ0n) is 8.59. The van der Waals surface area contributed by atoms with Crippen molar-refractivity contribution in [3.8, 4) is 0 Å². The highest BCUT2D eigenvalue weighted by atomic mass is 32.2. The van der Waals surface area contributed by atoms with Gasteiger partial charge in [0.25, 0.3) is 0 Å². The summed E-state index contributed by atoms with van der Waals surface area (Å²) in [5.41, 5.74) is 0.0901. The largest absolute Gasteiger partial charge is 0.478 e. The van der Waals surface area contributed by atoms with Crippen molar-refractivity contribution in [2.24, 2.45) is 0 Å². The van der Waals surface area contributed by atoms with Crippen LogP contribution in [0, 0.1) is 5.82 Å². The van der Waals surface area contributed by atoms with E-state index < -0.39 is 11.8 Å². The Labute approximate surface area is 105 Å². The van der Waals surface area contributed by atoms with Gasteiger partial charge in [0.05, 0.1) is 5.56 Å². The second-order valence-electron chi connectivity index (χ2n) is 3.17. The van der Waals surface area contributed by atoms with Crippen molar-refractivity contribution in [2.45, 2.75) is 10.1 Å². The van der Waals surface area contributed by atoms with E-state index in [-0.39, 0.29) is 5.56 Å². The minimum atomic E-state index is -1.25. The molecule has 0 spiro atoms. The molecule has 0 aliphatic rings. The molecule has 0 atom stereocenters. The van der Waals surface area contributed by atoms with Crippen molar-refractivity contribution >= 4 is 29.1 Å². The second-order valence-corrected chi connectivity index (χ2v) is 5.29. The van der Waals surface area contributed by atoms with Crippen LogP contribution in [0.4, 0.5) is 4.39 Å². The van der Waals surface area contributed by atoms with Gasteiger partial charge in [-0.25, -0.2) is 14.2 Å². The van der Waals surface area contributed by atoms with Gasteiger partial charge in [-0.2, -0.15) is 0 Å². The first-order valence-electron chi connectivity index (χ1n) is 4.71. The molecule has 1 N–H and O–H groups in total. The lowest BCUT2D eigenvalue weighted by molar-refractivity contribution is 0.0691. The van der Waals surface area contributed by atoms with Gasteiger partial charge in [-0.15, -0.1) is 11.3 Å². The Kier molecular flexibility index (Phi) is 3.75. The summed E-state index contributed by atoms with van der Waals surface area (Å²) in [7, 11) is 0. The van der Waals surface area contributed by atoms with E-state index in [0.29, 0.717) is 11.3 Å². The Bertz CT molecular complexity index is 528. The van der Waals surface area contributed by atoms with E-state index in [4.69, 9.17) is 5.11 Å². The minimum absolute atomic E-state index is 0.290. The average Bonchev–Trinajstić information content (AvgIpc) is 2.80. The SMILES string of the molecule is O=C(O)c1cccc(CSc2nccs2)c1F. The molecule has 3 nitrogen and oxygen atoms in total. The maximum Gasteiger partial charge on any atom is 0.338 e. The molecule has 2 rings (SSSR count). The first-order chi connectivity index (χ1) is 8.18. The summed E-state index contributed by atoms with van der Waals surface area (Å²) in [6.07, 6.45) is 1.68. The molecule has 1 aromatic carbocycles. The highest BCUT2D eigenvalue weighted by Gasteiger charge is 2.13. The van der Waals surface area contributed by atoms with Gasteiger partial charge in [-0.1, -0.05) is 23.9 Å². The minimum Gasteiger partial charge on any atom is -0.478 e. The van der Waals surface area contributed by atoms with Crippen LogP contribution in [0.5, 0.6) is 0 Å². The third kappa shape index (κ3) is 2.83. The Balaban J connectivity index is 2.16. The smallest absolute Gasteiger partial charge is 0.338 e. The van der Waals surface area contributed by atoms with E-state index in [2.05, 4.69) is 4.98 Å². The van der Waals surface area contributed by atoms with Crippen LogP contribution in [-0.2, 0) is 5.75 Å². The number of benzene rings is 1. The first-order valence-corrected chi connectivity index (χ1v) is 6.58. The number of thioether (sulfide) groups is 1. The van der Waals surface area contributed by atoms with E-state index in [1.807, 2.05) is 5.38 Å². The van der Waals surface area contributed by atoms with Crippen molar-refractivity contribution in [1.29, 1.82) is 0 Å². The van der Waals surface area contributed by atoms with E-state index >= 15 is 0 Å². The normalized spacial score (nSPS) is 10.4. The zero-order chi connectivity index (χ0) is 12.3. The van der Waals surface area contributed by atoms with Gasteiger partial charge >= 0.3 is 5.97 Å². The van der Waals surface area contributed by atoms with Crippen LogP contribution < -0.4 is 0 Å². The summed E-state index contributed by atoms with van der Waals surface area (Å²) in [6.45, 7) is 0. The lowest BCUT2D eigenvalue weighted by Crippen LogP contribution is -2.02. The highest BCUT2D eigenvalue weighted by Crippen LogP contribution is 2.26. The van der Waals surface area contributed by atoms with Crippen molar-refractivity contribution in [2.75, 3.05) is 0 Å². The van der Waals surface area contributed by atoms with Crippen LogP contribution >= 0.6 is 23.1 Å². The molecule has 0 fully saturated rings. The molecule has 1 heterocycles. The fourth-order valence-electron chi connectivity index (χ4n) is 1.28. The lowest BCUT2D eigenvalue weighted by Gasteiger charge is -2.04. The molecule has 2 aromatic rings. The molecule has 0 unspecified atom stereocenters. The van der Waals surface area contributed by atoms with Crippen LogP contribution in [0.1, 0.15) is 15.9 Å². The number of carbonyl (C=O) groups is 1. The monoisotopic (exact) mass is 269 g/mol. The van der Waals surface area contributed by atoms with Crippen LogP contribution in [0.15, 0.2) is 34.1 Å². The maximum atomic E-state index is 13.7. The second kappa shape index (κ2) is 5.29. The van der Waals surface area contributed by atoms with E-state index in [1.165, 1.54) is 29.2 Å². The van der Waals surface area contributed by atoms with Gasteiger partial charge in [0, 0.05) is 17.3 Å². The molecule has 0 saturated carbocycles. The summed E-state index contributed by atoms with van der Waals surface area (Å²) in [4.78, 5) is 14.8. The van der Waals surface area contributed by atoms with Gasteiger partial charge < -0.3 is 5.11 Å². The highest BCUT2D eigenvalue weighted by molar-refractivity contribution is 8.00. The number of rotatable bonds is 4. The average molecular weight is 269 g/mol. The quantitative estimate of drug-likeness (QED) is 0.865. The van der Waals surface area contributed by atoms with Gasteiger partial charge in [0.2, 0.25) is 0 Å². The van der Waals surface area contributed by atoms with Gasteiger partial charge in [-0.05, 0) is 11.6 Å². The number of halogens is 1. The zero-order valence-corrected chi connectivity index (χ0v) is 10.2. The molecular formula is C11H8FNO2S2. The standard InChI is InChI=1S/C11H8FNO2S2/c12-9-7(2-1-3-8(9)10(14)15)6-17-11-13-4-5-16-11/h1-5H,6H2,(H,14,15). The Morgan fingerprint density at radius 1 is 1.53 bits per heavy atom. The van der Waals surface area contributed by atoms with Crippen LogP contribution in [0.2, 0.25) is 0 Å². The number of hydrogen-bond acceptors (Lipinski definition) is 4. The molecule has 0 bridgehead atoms. The fraction of sp³-hybridized carbons (Fsp3) is 0.0909. The molecule has 0 aliphatic carbocycles. The topological polar surface area (TPSA) is 50.2 Å². The molecule has 6 heteroatoms. The Hall–Kier alpha value is -1.40. The summed E-state index contributed by atoms with van der Waals surface area (Å²) in [5, 5.41) is 10.6. The van der Waals surface area contributed by atoms with Crippen molar-refractivity contribution < 1.29 is 14.3 Å². The summed E-state index contributed by atoms with van der Waals surface area (Å²) >= 11 is 2.86. The molecular weight excluding hydrogens is 261 g/mol. The Morgan fingerprint density at radius 2 is 2.35 bits per heavy atom. The molecule has 17 heavy (non-hydrogen) atoms. The van der Waals surface area contributed by atoms with Crippen molar-refractivity contribution in [3.63, 3.8) is 0 Å². The third-order valence-corrected chi connectivity index (χ3v) is 4.08. The van der Waals surface area contributed by atoms with E-state index in [1.54, 1.807) is 18.3 Å². The number of hydrogen-bond donors (Lipinski definition) is 1. The summed E-state index contributed by atoms with van der Waals surface area (Å²) in [6, 6.07) is 4.39. The predicted octanol–water partition coefficient (Wildman–Crippen LogP) is 3.27. The number of nitrogens with zero attached hydrogens (tertiary/aromatic N) is 1. The molecule has 1 aromatic heterocycles. The molecule has 0 radical (unpaired) electrons. The van der Waals surface area contributed by atoms with E-state index in [0.717, 1.165) is 4.34 Å². The van der Waals surface area contributed by atoms with Crippen LogP contribution in [-0.4, -0.2) is 16.1 Å². The van der Waals surface area contributed by atoms with Crippen molar-refractivity contribution in [3.05, 3.63) is 46.7 Å². The predicted molar refractivity (Wildman–Crippen MR) is 65.0 cm³/mol. The number of carboxylic acid groups (broad SMARTS) is 1. The summed E-state index contributed by atoms with van der Waals surface area (Å²) in [5.74, 6) is -1.53. The number of carboxylic acids is 1. The lowest BCUT2D eigenvalue weighted by atomic mass is 10.1. The Morgan fingerprint density at radius 3 is 3.00 bits per heavy atom. The number of aromatic nitrogens is 1. The van der Waals surface area contributed by atoms with Gasteiger partial charge in [0.1, 0.15) is 10.2 Å². The maximum absolute atomic E-state index is 13.7. The van der Waals surface area contributed by atoms with Gasteiger partial charge in [0.15, 0.2) is 0 Å². The van der Waals surface area contributed by atoms with Crippen LogP contribution in [0.3, 0.4) is 0 Å². The number of thiazole rings is 1. The van der Waals surface area contributed by atoms with Crippen LogP contribution in [0.25, 0.3) is 0 Å². The van der Waals surface area contributed by atoms with Gasteiger partial charge in [-0.3, -0.25) is 0 Å². The third-order valence-electron chi connectivity index (χ3n) is 2.07.